The Hall–Kier alpha value is -2.45. The number of aromatic nitrogens is 2. The summed E-state index contributed by atoms with van der Waals surface area (Å²) in [5.74, 6) is -0.487. The van der Waals surface area contributed by atoms with Gasteiger partial charge >= 0.3 is 11.1 Å². The van der Waals surface area contributed by atoms with E-state index in [0.29, 0.717) is 19.3 Å². The van der Waals surface area contributed by atoms with Gasteiger partial charge in [-0.05, 0) is 52.9 Å². The van der Waals surface area contributed by atoms with Crippen molar-refractivity contribution >= 4 is 29.0 Å². The molecule has 8 nitrogen and oxygen atoms in total. The number of carbonyl (C=O) groups excluding carboxylic acids is 1. The zero-order valence-corrected chi connectivity index (χ0v) is 15.6. The van der Waals surface area contributed by atoms with Crippen LogP contribution >= 0.6 is 11.6 Å². The highest BCUT2D eigenvalue weighted by Crippen LogP contribution is 2.35. The highest BCUT2D eigenvalue weighted by molar-refractivity contribution is 6.28. The molecule has 0 fully saturated rings. The van der Waals surface area contributed by atoms with Crippen LogP contribution in [0.25, 0.3) is 0 Å². The van der Waals surface area contributed by atoms with Crippen molar-refractivity contribution in [1.29, 1.82) is 0 Å². The molecule has 1 amide bonds. The van der Waals surface area contributed by atoms with Gasteiger partial charge in [-0.1, -0.05) is 31.0 Å². The third-order valence-electron chi connectivity index (χ3n) is 4.78. The molecule has 0 bridgehead atoms. The number of hydrogen-bond acceptors (Lipinski definition) is 5. The van der Waals surface area contributed by atoms with Gasteiger partial charge < -0.3 is 20.5 Å². The maximum absolute atomic E-state index is 12.1. The van der Waals surface area contributed by atoms with Gasteiger partial charge in [-0.3, -0.25) is 9.36 Å². The molecule has 0 aliphatic carbocycles. The van der Waals surface area contributed by atoms with Crippen LogP contribution in [-0.2, 0) is 11.3 Å². The Balaban J connectivity index is 1.51. The third-order valence-corrected chi connectivity index (χ3v) is 5.08. The summed E-state index contributed by atoms with van der Waals surface area (Å²) in [6.45, 7) is 1.77. The molecular formula is C18H21ClN4O4. The number of hydrogen-bond donors (Lipinski definition) is 2. The normalized spacial score (nSPS) is 18.0. The Bertz CT molecular complexity index is 865. The molecule has 0 saturated carbocycles. The molecule has 27 heavy (non-hydrogen) atoms. The molecule has 0 saturated heterocycles. The Morgan fingerprint density at radius 3 is 2.85 bits per heavy atom. The quantitative estimate of drug-likeness (QED) is 0.406. The average molecular weight is 393 g/mol. The van der Waals surface area contributed by atoms with Crippen molar-refractivity contribution in [2.75, 3.05) is 5.32 Å². The van der Waals surface area contributed by atoms with Gasteiger partial charge in [0.15, 0.2) is 0 Å². The van der Waals surface area contributed by atoms with Crippen molar-refractivity contribution < 1.29 is 14.8 Å². The zero-order valence-electron chi connectivity index (χ0n) is 14.9. The molecule has 1 aromatic carbocycles. The van der Waals surface area contributed by atoms with Crippen LogP contribution in [0.1, 0.15) is 44.1 Å². The number of halogens is 1. The number of para-hydroxylation sites is 1. The van der Waals surface area contributed by atoms with Crippen LogP contribution in [0.5, 0.6) is 0 Å². The summed E-state index contributed by atoms with van der Waals surface area (Å²) in [5.41, 5.74) is 0.802. The highest BCUT2D eigenvalue weighted by Gasteiger charge is 2.30. The number of rotatable bonds is 8. The van der Waals surface area contributed by atoms with Crippen molar-refractivity contribution in [1.82, 2.24) is 9.55 Å². The van der Waals surface area contributed by atoms with Crippen LogP contribution in [0, 0.1) is 10.1 Å². The summed E-state index contributed by atoms with van der Waals surface area (Å²) in [7, 11) is 0. The maximum atomic E-state index is 12.1. The van der Waals surface area contributed by atoms with E-state index >= 15 is 0 Å². The van der Waals surface area contributed by atoms with Crippen molar-refractivity contribution in [2.24, 2.45) is 0 Å². The largest absolute Gasteiger partial charge is 0.388 e. The Morgan fingerprint density at radius 1 is 1.41 bits per heavy atom. The monoisotopic (exact) mass is 392 g/mol. The lowest BCUT2D eigenvalue weighted by atomic mass is 9.92. The second kappa shape index (κ2) is 7.66. The minimum absolute atomic E-state index is 0.0143. The van der Waals surface area contributed by atoms with Crippen LogP contribution in [0.15, 0.2) is 30.5 Å². The number of imidazole rings is 1. The van der Waals surface area contributed by atoms with Crippen molar-refractivity contribution in [3.63, 3.8) is 0 Å². The van der Waals surface area contributed by atoms with Gasteiger partial charge in [-0.2, -0.15) is 0 Å². The smallest absolute Gasteiger partial charge is 0.383 e. The van der Waals surface area contributed by atoms with Crippen LogP contribution in [0.4, 0.5) is 11.5 Å². The van der Waals surface area contributed by atoms with E-state index in [9.17, 15) is 20.0 Å². The fourth-order valence-corrected chi connectivity index (χ4v) is 3.64. The molecule has 1 aromatic heterocycles. The molecule has 2 aromatic rings. The third kappa shape index (κ3) is 4.45. The fraction of sp³-hybridized carbons (Fsp3) is 0.444. The standard InChI is InChI=1S/C18H21ClN4O4/c1-18(25,11-22-10-15(23(26)27)21-17(22)19)9-5-4-7-13-12-6-2-3-8-14(12)20-16(13)24/h2-3,6,8,10,13,25H,4-5,7,9,11H2,1H3,(H,20,24). The molecule has 9 heteroatoms. The van der Waals surface area contributed by atoms with E-state index in [1.54, 1.807) is 6.92 Å². The van der Waals surface area contributed by atoms with Crippen molar-refractivity contribution in [3.05, 3.63) is 51.4 Å². The zero-order chi connectivity index (χ0) is 19.6. The number of nitrogens with zero attached hydrogens (tertiary/aromatic N) is 3. The number of fused-ring (bicyclic) bond motifs is 1. The fourth-order valence-electron chi connectivity index (χ4n) is 3.44. The van der Waals surface area contributed by atoms with Crippen LogP contribution in [0.2, 0.25) is 5.28 Å². The van der Waals surface area contributed by atoms with Crippen molar-refractivity contribution in [2.45, 2.75) is 50.7 Å². The van der Waals surface area contributed by atoms with Gasteiger partial charge in [0.25, 0.3) is 0 Å². The molecule has 2 atom stereocenters. The van der Waals surface area contributed by atoms with Crippen LogP contribution < -0.4 is 5.32 Å². The van der Waals surface area contributed by atoms with Gasteiger partial charge in [0, 0.05) is 5.69 Å². The molecule has 2 heterocycles. The second-order valence-corrected chi connectivity index (χ2v) is 7.46. The van der Waals surface area contributed by atoms with Gasteiger partial charge in [0.1, 0.15) is 6.20 Å². The molecule has 2 N–H and O–H groups in total. The second-order valence-electron chi connectivity index (χ2n) is 7.12. The number of anilines is 1. The average Bonchev–Trinajstić information content (AvgIpc) is 3.11. The molecule has 0 radical (unpaired) electrons. The summed E-state index contributed by atoms with van der Waals surface area (Å²) in [5, 5.41) is 24.2. The molecule has 2 unspecified atom stereocenters. The first-order chi connectivity index (χ1) is 12.8. The number of nitro groups is 1. The van der Waals surface area contributed by atoms with Gasteiger partial charge in [0.2, 0.25) is 5.91 Å². The molecule has 0 spiro atoms. The van der Waals surface area contributed by atoms with E-state index < -0.39 is 10.5 Å². The minimum atomic E-state index is -1.09. The number of aliphatic hydroxyl groups is 1. The van der Waals surface area contributed by atoms with E-state index in [4.69, 9.17) is 11.6 Å². The van der Waals surface area contributed by atoms with Crippen LogP contribution in [0.3, 0.4) is 0 Å². The predicted molar refractivity (Wildman–Crippen MR) is 101 cm³/mol. The summed E-state index contributed by atoms with van der Waals surface area (Å²) < 4.78 is 1.38. The number of carbonyl (C=O) groups is 1. The summed E-state index contributed by atoms with van der Waals surface area (Å²) >= 11 is 5.90. The van der Waals surface area contributed by atoms with E-state index in [-0.39, 0.29) is 29.5 Å². The lowest BCUT2D eigenvalue weighted by molar-refractivity contribution is -0.389. The lowest BCUT2D eigenvalue weighted by Crippen LogP contribution is -2.30. The predicted octanol–water partition coefficient (Wildman–Crippen LogP) is 3.49. The summed E-state index contributed by atoms with van der Waals surface area (Å²) in [6, 6.07) is 7.67. The Kier molecular flexibility index (Phi) is 5.48. The highest BCUT2D eigenvalue weighted by atomic mass is 35.5. The molecule has 1 aliphatic heterocycles. The Morgan fingerprint density at radius 2 is 2.15 bits per heavy atom. The molecule has 1 aliphatic rings. The van der Waals surface area contributed by atoms with Gasteiger partial charge in [-0.25, -0.2) is 0 Å². The van der Waals surface area contributed by atoms with Gasteiger partial charge in [-0.15, -0.1) is 0 Å². The van der Waals surface area contributed by atoms with E-state index in [0.717, 1.165) is 17.7 Å². The summed E-state index contributed by atoms with van der Waals surface area (Å²) in [4.78, 5) is 25.9. The first kappa shape index (κ1) is 19.3. The minimum Gasteiger partial charge on any atom is -0.388 e. The number of benzene rings is 1. The first-order valence-electron chi connectivity index (χ1n) is 8.76. The number of amides is 1. The SMILES string of the molecule is CC(O)(CCCCC1C(=O)Nc2ccccc21)Cn1cc([N+](=O)[O-])nc1Cl. The molecular weight excluding hydrogens is 372 g/mol. The van der Waals surface area contributed by atoms with E-state index in [1.807, 2.05) is 24.3 Å². The molecule has 144 valence electrons. The van der Waals surface area contributed by atoms with Gasteiger partial charge in [0.05, 0.1) is 18.1 Å². The lowest BCUT2D eigenvalue weighted by Gasteiger charge is -2.23. The van der Waals surface area contributed by atoms with E-state index in [1.165, 1.54) is 10.8 Å². The summed E-state index contributed by atoms with van der Waals surface area (Å²) in [6.07, 6.45) is 3.89. The van der Waals surface area contributed by atoms with Crippen LogP contribution in [-0.4, -0.2) is 31.1 Å². The maximum Gasteiger partial charge on any atom is 0.383 e. The Labute approximate surface area is 161 Å². The van der Waals surface area contributed by atoms with Crippen molar-refractivity contribution in [3.8, 4) is 0 Å². The van der Waals surface area contributed by atoms with E-state index in [2.05, 4.69) is 10.3 Å². The molecule has 3 rings (SSSR count). The first-order valence-corrected chi connectivity index (χ1v) is 9.14. The number of unbranched alkanes of at least 4 members (excludes halogenated alkanes) is 1. The number of nitrogens with one attached hydrogen (secondary N) is 1. The topological polar surface area (TPSA) is 110 Å².